The fourth-order valence-electron chi connectivity index (χ4n) is 4.57. The van der Waals surface area contributed by atoms with Crippen molar-refractivity contribution in [3.63, 3.8) is 0 Å². The van der Waals surface area contributed by atoms with Gasteiger partial charge in [0.15, 0.2) is 0 Å². The number of benzene rings is 2. The summed E-state index contributed by atoms with van der Waals surface area (Å²) in [6.07, 6.45) is 2.03. The van der Waals surface area contributed by atoms with Gasteiger partial charge in [0.2, 0.25) is 21.8 Å². The summed E-state index contributed by atoms with van der Waals surface area (Å²) in [4.78, 5) is 26.8. The van der Waals surface area contributed by atoms with Crippen LogP contribution in [-0.4, -0.2) is 44.2 Å². The Hall–Kier alpha value is -2.23. The number of nitrogens with zero attached hydrogens (tertiary/aromatic N) is 2. The van der Waals surface area contributed by atoms with Crippen molar-refractivity contribution in [2.75, 3.05) is 24.5 Å². The van der Waals surface area contributed by atoms with Gasteiger partial charge < -0.3 is 10.2 Å². The van der Waals surface area contributed by atoms with E-state index in [2.05, 4.69) is 21.2 Å². The summed E-state index contributed by atoms with van der Waals surface area (Å²) in [7, 11) is -3.76. The second kappa shape index (κ2) is 10.2. The molecule has 0 aromatic heterocycles. The van der Waals surface area contributed by atoms with Crippen molar-refractivity contribution in [3.05, 3.63) is 57.6 Å². The van der Waals surface area contributed by atoms with Crippen molar-refractivity contribution >= 4 is 43.5 Å². The number of piperidine rings is 1. The van der Waals surface area contributed by atoms with Gasteiger partial charge in [0.25, 0.3) is 0 Å². The molecule has 2 aromatic rings. The summed E-state index contributed by atoms with van der Waals surface area (Å²) in [5.41, 5.74) is 3.86. The summed E-state index contributed by atoms with van der Waals surface area (Å²) < 4.78 is 28.9. The van der Waals surface area contributed by atoms with Crippen LogP contribution in [0.5, 0.6) is 0 Å². The van der Waals surface area contributed by atoms with Crippen LogP contribution in [0.25, 0.3) is 0 Å². The highest BCUT2D eigenvalue weighted by Crippen LogP contribution is 2.37. The predicted octanol–water partition coefficient (Wildman–Crippen LogP) is 3.77. The highest BCUT2D eigenvalue weighted by molar-refractivity contribution is 9.10. The molecule has 2 aromatic carbocycles. The standard InChI is InChI=1S/C25H30BrN3O4S/c1-3-24(30)29-13-10-20-14-21(26)23(15-22(20)29)34(32,33)28-11-8-19(9-12-28)25(31)27-16-18-6-4-17(2)5-7-18/h4-7,14-15,19H,3,8-13,16H2,1-2H3,(H,27,31). The van der Waals surface area contributed by atoms with Gasteiger partial charge in [-0.2, -0.15) is 4.31 Å². The topological polar surface area (TPSA) is 86.8 Å². The third-order valence-corrected chi connectivity index (χ3v) is 9.52. The second-order valence-corrected chi connectivity index (χ2v) is 11.7. The minimum atomic E-state index is -3.76. The molecular weight excluding hydrogens is 518 g/mol. The molecule has 34 heavy (non-hydrogen) atoms. The van der Waals surface area contributed by atoms with Crippen LogP contribution in [0.3, 0.4) is 0 Å². The fourth-order valence-corrected chi connectivity index (χ4v) is 7.11. The SMILES string of the molecule is CCC(=O)N1CCc2cc(Br)c(S(=O)(=O)N3CCC(C(=O)NCc4ccc(C)cc4)CC3)cc21. The minimum absolute atomic E-state index is 0.0121. The quantitative estimate of drug-likeness (QED) is 0.596. The molecule has 182 valence electrons. The summed E-state index contributed by atoms with van der Waals surface area (Å²) in [5.74, 6) is -0.259. The summed E-state index contributed by atoms with van der Waals surface area (Å²) in [5, 5.41) is 2.98. The van der Waals surface area contributed by atoms with Gasteiger partial charge in [0.05, 0.1) is 4.90 Å². The van der Waals surface area contributed by atoms with E-state index in [1.807, 2.05) is 37.3 Å². The van der Waals surface area contributed by atoms with Gasteiger partial charge in [-0.15, -0.1) is 0 Å². The zero-order valence-corrected chi connectivity index (χ0v) is 21.9. The Labute approximate surface area is 209 Å². The van der Waals surface area contributed by atoms with E-state index in [0.29, 0.717) is 48.9 Å². The van der Waals surface area contributed by atoms with Gasteiger partial charge in [0.1, 0.15) is 0 Å². The van der Waals surface area contributed by atoms with E-state index < -0.39 is 10.0 Å². The zero-order valence-electron chi connectivity index (χ0n) is 19.5. The van der Waals surface area contributed by atoms with E-state index in [4.69, 9.17) is 0 Å². The van der Waals surface area contributed by atoms with Crippen molar-refractivity contribution in [1.82, 2.24) is 9.62 Å². The molecule has 0 saturated carbocycles. The van der Waals surface area contributed by atoms with Gasteiger partial charge >= 0.3 is 0 Å². The number of anilines is 1. The van der Waals surface area contributed by atoms with Crippen LogP contribution in [0.2, 0.25) is 0 Å². The molecule has 0 aliphatic carbocycles. The van der Waals surface area contributed by atoms with Crippen molar-refractivity contribution in [3.8, 4) is 0 Å². The first-order chi connectivity index (χ1) is 16.2. The van der Waals surface area contributed by atoms with Gasteiger partial charge in [-0.25, -0.2) is 8.42 Å². The van der Waals surface area contributed by atoms with E-state index in [-0.39, 0.29) is 35.7 Å². The Kier molecular flexibility index (Phi) is 7.45. The molecule has 9 heteroatoms. The number of carbonyl (C=O) groups excluding carboxylic acids is 2. The number of amides is 2. The number of hydrogen-bond donors (Lipinski definition) is 1. The van der Waals surface area contributed by atoms with Crippen molar-refractivity contribution in [1.29, 1.82) is 0 Å². The second-order valence-electron chi connectivity index (χ2n) is 8.94. The van der Waals surface area contributed by atoms with Gasteiger partial charge in [0, 0.05) is 48.7 Å². The maximum atomic E-state index is 13.5. The molecule has 1 saturated heterocycles. The lowest BCUT2D eigenvalue weighted by atomic mass is 9.97. The molecule has 0 spiro atoms. The fraction of sp³-hybridized carbons (Fsp3) is 0.440. The number of hydrogen-bond acceptors (Lipinski definition) is 4. The highest BCUT2D eigenvalue weighted by Gasteiger charge is 2.35. The largest absolute Gasteiger partial charge is 0.352 e. The van der Waals surface area contributed by atoms with Crippen LogP contribution >= 0.6 is 15.9 Å². The maximum absolute atomic E-state index is 13.5. The predicted molar refractivity (Wildman–Crippen MR) is 135 cm³/mol. The maximum Gasteiger partial charge on any atom is 0.244 e. The minimum Gasteiger partial charge on any atom is -0.352 e. The van der Waals surface area contributed by atoms with Crippen LogP contribution < -0.4 is 10.2 Å². The molecule has 2 amide bonds. The number of halogens is 1. The average molecular weight is 549 g/mol. The normalized spacial score (nSPS) is 17.0. The smallest absolute Gasteiger partial charge is 0.244 e. The third-order valence-electron chi connectivity index (χ3n) is 6.66. The summed E-state index contributed by atoms with van der Waals surface area (Å²) >= 11 is 3.44. The molecule has 2 aliphatic heterocycles. The van der Waals surface area contributed by atoms with E-state index in [0.717, 1.165) is 11.1 Å². The van der Waals surface area contributed by atoms with Crippen LogP contribution in [0.15, 0.2) is 45.8 Å². The first-order valence-electron chi connectivity index (χ1n) is 11.7. The molecule has 1 fully saturated rings. The molecular formula is C25H30BrN3O4S. The number of aryl methyl sites for hydroxylation is 1. The Morgan fingerprint density at radius 3 is 2.41 bits per heavy atom. The molecule has 2 heterocycles. The first kappa shape index (κ1) is 24.9. The van der Waals surface area contributed by atoms with E-state index in [1.165, 1.54) is 9.87 Å². The number of sulfonamides is 1. The molecule has 0 atom stereocenters. The highest BCUT2D eigenvalue weighted by atomic mass is 79.9. The Morgan fingerprint density at radius 2 is 1.76 bits per heavy atom. The molecule has 2 aliphatic rings. The van der Waals surface area contributed by atoms with Gasteiger partial charge in [-0.05, 0) is 65.4 Å². The van der Waals surface area contributed by atoms with Crippen molar-refractivity contribution in [2.45, 2.75) is 51.0 Å². The molecule has 4 rings (SSSR count). The summed E-state index contributed by atoms with van der Waals surface area (Å²) in [6, 6.07) is 11.5. The van der Waals surface area contributed by atoms with Gasteiger partial charge in [-0.1, -0.05) is 36.8 Å². The summed E-state index contributed by atoms with van der Waals surface area (Å²) in [6.45, 7) is 5.43. The van der Waals surface area contributed by atoms with Crippen molar-refractivity contribution < 1.29 is 18.0 Å². The number of nitrogens with one attached hydrogen (secondary N) is 1. The molecule has 1 N–H and O–H groups in total. The van der Waals surface area contributed by atoms with Crippen LogP contribution in [-0.2, 0) is 32.6 Å². The molecule has 0 radical (unpaired) electrons. The van der Waals surface area contributed by atoms with Crippen LogP contribution in [0.4, 0.5) is 5.69 Å². The lowest BCUT2D eigenvalue weighted by Crippen LogP contribution is -2.43. The van der Waals surface area contributed by atoms with E-state index >= 15 is 0 Å². The molecule has 0 bridgehead atoms. The number of carbonyl (C=O) groups is 2. The Morgan fingerprint density at radius 1 is 1.09 bits per heavy atom. The van der Waals surface area contributed by atoms with Crippen LogP contribution in [0, 0.1) is 12.8 Å². The lowest BCUT2D eigenvalue weighted by molar-refractivity contribution is -0.126. The molecule has 0 unspecified atom stereocenters. The van der Waals surface area contributed by atoms with Gasteiger partial charge in [-0.3, -0.25) is 9.59 Å². The zero-order chi connectivity index (χ0) is 24.5. The molecule has 7 nitrogen and oxygen atoms in total. The number of rotatable bonds is 6. The number of fused-ring (bicyclic) bond motifs is 1. The average Bonchev–Trinajstić information content (AvgIpc) is 3.25. The third kappa shape index (κ3) is 5.06. The van der Waals surface area contributed by atoms with E-state index in [9.17, 15) is 18.0 Å². The van der Waals surface area contributed by atoms with E-state index in [1.54, 1.807) is 17.9 Å². The van der Waals surface area contributed by atoms with Crippen LogP contribution in [0.1, 0.15) is 42.9 Å². The first-order valence-corrected chi connectivity index (χ1v) is 13.9. The van der Waals surface area contributed by atoms with Crippen molar-refractivity contribution in [2.24, 2.45) is 5.92 Å². The Bertz CT molecular complexity index is 1190. The lowest BCUT2D eigenvalue weighted by Gasteiger charge is -2.31. The monoisotopic (exact) mass is 547 g/mol. The Balaban J connectivity index is 1.41.